The van der Waals surface area contributed by atoms with Crippen LogP contribution in [0.5, 0.6) is 0 Å². The van der Waals surface area contributed by atoms with E-state index < -0.39 is 10.8 Å². The number of nitrogens with one attached hydrogen (secondary N) is 4. The highest BCUT2D eigenvalue weighted by molar-refractivity contribution is 5.83. The van der Waals surface area contributed by atoms with Crippen LogP contribution in [0.2, 0.25) is 0 Å². The molecule has 0 bridgehead atoms. The van der Waals surface area contributed by atoms with Crippen LogP contribution in [0.25, 0.3) is 33.6 Å². The summed E-state index contributed by atoms with van der Waals surface area (Å²) >= 11 is 0. The molecule has 0 spiro atoms. The lowest BCUT2D eigenvalue weighted by Gasteiger charge is -2.32. The van der Waals surface area contributed by atoms with Crippen LogP contribution in [0.1, 0.15) is 118 Å². The van der Waals surface area contributed by atoms with Crippen molar-refractivity contribution in [2.24, 2.45) is 21.7 Å². The molecule has 2 heterocycles. The van der Waals surface area contributed by atoms with Gasteiger partial charge in [0.2, 0.25) is 11.8 Å². The molecule has 8 heteroatoms. The molecule has 0 fully saturated rings. The first-order valence-electron chi connectivity index (χ1n) is 16.6. The monoisotopic (exact) mass is 636 g/mol. The Morgan fingerprint density at radius 1 is 0.617 bits per heavy atom. The highest BCUT2D eigenvalue weighted by Crippen LogP contribution is 2.41. The van der Waals surface area contributed by atoms with Crippen LogP contribution in [-0.2, 0) is 16.0 Å². The second kappa shape index (κ2) is 11.8. The van der Waals surface area contributed by atoms with Gasteiger partial charge >= 0.3 is 0 Å². The van der Waals surface area contributed by atoms with Gasteiger partial charge in [-0.15, -0.1) is 0 Å². The number of hydrogen-bond acceptors (Lipinski definition) is 4. The molecule has 0 unspecified atom stereocenters. The SMILES string of the molecule is CC(C)(C)C(=O)N[C@H](c1nc(-c2ccc3c(c2)Cc2cc(-c4c[nH]c([C@@H](NC(=O)C(C)(C)C)C(C)(C)C)n4)ccc2-3)c[nH]1)C(C)(C)C. The van der Waals surface area contributed by atoms with Gasteiger partial charge in [0, 0.05) is 34.4 Å². The van der Waals surface area contributed by atoms with E-state index in [9.17, 15) is 9.59 Å². The summed E-state index contributed by atoms with van der Waals surface area (Å²) in [7, 11) is 0. The van der Waals surface area contributed by atoms with Gasteiger partial charge in [-0.2, -0.15) is 0 Å². The largest absolute Gasteiger partial charge is 0.346 e. The molecule has 2 aromatic heterocycles. The first kappa shape index (κ1) is 34.1. The molecule has 2 amide bonds. The Labute approximate surface area is 280 Å². The van der Waals surface area contributed by atoms with Gasteiger partial charge in [0.1, 0.15) is 11.6 Å². The minimum Gasteiger partial charge on any atom is -0.346 e. The molecule has 4 aromatic rings. The zero-order valence-corrected chi connectivity index (χ0v) is 30.2. The average molecular weight is 637 g/mol. The maximum atomic E-state index is 12.9. The average Bonchev–Trinajstić information content (AvgIpc) is 3.69. The van der Waals surface area contributed by atoms with Crippen LogP contribution in [0, 0.1) is 21.7 Å². The number of amides is 2. The highest BCUT2D eigenvalue weighted by atomic mass is 16.2. The van der Waals surface area contributed by atoms with Gasteiger partial charge in [0.15, 0.2) is 0 Å². The molecule has 2 atom stereocenters. The number of rotatable bonds is 6. The number of nitrogens with zero attached hydrogens (tertiary/aromatic N) is 2. The number of carbonyl (C=O) groups is 2. The Kier molecular flexibility index (Phi) is 8.57. The van der Waals surface area contributed by atoms with Crippen LogP contribution in [0.3, 0.4) is 0 Å². The number of H-pyrrole nitrogens is 2. The molecule has 0 saturated carbocycles. The standard InChI is InChI=1S/C39H52N6O2/c1-36(2,3)30(44-34(46)38(7,8)9)32-40-20-28(42-32)22-13-15-26-24(17-22)19-25-18-23(14-16-27(25)26)29-21-41-33(43-29)31(37(4,5)6)45-35(47)39(10,11)12/h13-18,20-21,30-31H,19H2,1-12H3,(H,40,42)(H,41,43)(H,44,46)(H,45,47)/t30-,31-/m1/s1. The van der Waals surface area contributed by atoms with Crippen molar-refractivity contribution in [3.63, 3.8) is 0 Å². The lowest BCUT2D eigenvalue weighted by atomic mass is 9.85. The number of fused-ring (bicyclic) bond motifs is 3. The summed E-state index contributed by atoms with van der Waals surface area (Å²) in [5.74, 6) is 1.50. The third kappa shape index (κ3) is 7.21. The third-order valence-corrected chi connectivity index (χ3v) is 8.86. The van der Waals surface area contributed by atoms with Gasteiger partial charge in [0.25, 0.3) is 0 Å². The van der Waals surface area contributed by atoms with Gasteiger partial charge in [-0.3, -0.25) is 9.59 Å². The molecule has 0 aliphatic heterocycles. The Morgan fingerprint density at radius 2 is 0.979 bits per heavy atom. The number of imidazole rings is 2. The number of carbonyl (C=O) groups excluding carboxylic acids is 2. The number of aromatic amines is 2. The zero-order chi connectivity index (χ0) is 34.7. The van der Waals surface area contributed by atoms with Crippen LogP contribution in [0.15, 0.2) is 48.8 Å². The van der Waals surface area contributed by atoms with E-state index in [0.717, 1.165) is 40.6 Å². The van der Waals surface area contributed by atoms with Gasteiger partial charge in [-0.1, -0.05) is 107 Å². The lowest BCUT2D eigenvalue weighted by Crippen LogP contribution is -2.42. The number of hydrogen-bond donors (Lipinski definition) is 4. The van der Waals surface area contributed by atoms with Gasteiger partial charge in [0.05, 0.1) is 23.5 Å². The molecule has 4 N–H and O–H groups in total. The summed E-state index contributed by atoms with van der Waals surface area (Å²) in [6.07, 6.45) is 4.69. The maximum Gasteiger partial charge on any atom is 0.225 e. The van der Waals surface area contributed by atoms with Crippen molar-refractivity contribution >= 4 is 11.8 Å². The summed E-state index contributed by atoms with van der Waals surface area (Å²) in [5.41, 5.74) is 7.33. The summed E-state index contributed by atoms with van der Waals surface area (Å²) in [6, 6.07) is 12.6. The summed E-state index contributed by atoms with van der Waals surface area (Å²) in [5, 5.41) is 6.44. The van der Waals surface area contributed by atoms with Crippen LogP contribution < -0.4 is 10.6 Å². The van der Waals surface area contributed by atoms with Crippen LogP contribution in [0.4, 0.5) is 0 Å². The summed E-state index contributed by atoms with van der Waals surface area (Å²) in [4.78, 5) is 42.4. The van der Waals surface area contributed by atoms with E-state index in [2.05, 4.69) is 98.5 Å². The Bertz CT molecular complexity index is 1670. The second-order valence-electron chi connectivity index (χ2n) is 17.3. The molecule has 5 rings (SSSR count). The van der Waals surface area contributed by atoms with Crippen LogP contribution in [-0.4, -0.2) is 31.8 Å². The van der Waals surface area contributed by atoms with E-state index in [1.807, 2.05) is 53.9 Å². The molecule has 0 radical (unpaired) electrons. The predicted molar refractivity (Wildman–Crippen MR) is 189 cm³/mol. The predicted octanol–water partition coefficient (Wildman–Crippen LogP) is 8.54. The smallest absolute Gasteiger partial charge is 0.225 e. The van der Waals surface area contributed by atoms with Crippen molar-refractivity contribution in [3.05, 3.63) is 71.6 Å². The van der Waals surface area contributed by atoms with Crippen molar-refractivity contribution in [2.45, 2.75) is 102 Å². The van der Waals surface area contributed by atoms with Crippen molar-refractivity contribution in [2.75, 3.05) is 0 Å². The van der Waals surface area contributed by atoms with E-state index in [0.29, 0.717) is 0 Å². The molecule has 8 nitrogen and oxygen atoms in total. The molecular weight excluding hydrogens is 584 g/mol. The molecule has 0 saturated heterocycles. The van der Waals surface area contributed by atoms with Crippen molar-refractivity contribution in [3.8, 4) is 33.6 Å². The van der Waals surface area contributed by atoms with Crippen molar-refractivity contribution in [1.82, 2.24) is 30.6 Å². The van der Waals surface area contributed by atoms with Crippen LogP contribution >= 0.6 is 0 Å². The van der Waals surface area contributed by atoms with E-state index >= 15 is 0 Å². The summed E-state index contributed by atoms with van der Waals surface area (Å²) < 4.78 is 0. The molecule has 47 heavy (non-hydrogen) atoms. The zero-order valence-electron chi connectivity index (χ0n) is 30.2. The van der Waals surface area contributed by atoms with Gasteiger partial charge in [-0.05, 0) is 51.6 Å². The maximum absolute atomic E-state index is 12.9. The lowest BCUT2D eigenvalue weighted by molar-refractivity contribution is -0.130. The first-order valence-corrected chi connectivity index (χ1v) is 16.6. The van der Waals surface area contributed by atoms with E-state index in [1.165, 1.54) is 22.3 Å². The molecule has 2 aromatic carbocycles. The Hall–Kier alpha value is -4.20. The van der Waals surface area contributed by atoms with E-state index in [1.54, 1.807) is 0 Å². The second-order valence-corrected chi connectivity index (χ2v) is 17.3. The number of benzene rings is 2. The molecule has 1 aliphatic rings. The quantitative estimate of drug-likeness (QED) is 0.149. The fraction of sp³-hybridized carbons (Fsp3) is 0.487. The number of aromatic nitrogens is 4. The first-order chi connectivity index (χ1) is 21.6. The summed E-state index contributed by atoms with van der Waals surface area (Å²) in [6.45, 7) is 24.2. The van der Waals surface area contributed by atoms with Crippen molar-refractivity contribution < 1.29 is 9.59 Å². The molecule has 250 valence electrons. The topological polar surface area (TPSA) is 116 Å². The molecular formula is C39H52N6O2. The van der Waals surface area contributed by atoms with E-state index in [-0.39, 0.29) is 34.7 Å². The minimum absolute atomic E-state index is 0.00238. The van der Waals surface area contributed by atoms with E-state index in [4.69, 9.17) is 9.97 Å². The fourth-order valence-electron chi connectivity index (χ4n) is 5.88. The minimum atomic E-state index is -0.494. The third-order valence-electron chi connectivity index (χ3n) is 8.86. The van der Waals surface area contributed by atoms with Crippen molar-refractivity contribution in [1.29, 1.82) is 0 Å². The normalized spacial score (nSPS) is 14.7. The fourth-order valence-corrected chi connectivity index (χ4v) is 5.88. The van der Waals surface area contributed by atoms with Gasteiger partial charge in [-0.25, -0.2) is 9.97 Å². The van der Waals surface area contributed by atoms with Gasteiger partial charge < -0.3 is 20.6 Å². The highest BCUT2D eigenvalue weighted by Gasteiger charge is 2.35. The molecule has 1 aliphatic carbocycles. The Morgan fingerprint density at radius 3 is 1.30 bits per heavy atom. The Balaban J connectivity index is 1.37.